The summed E-state index contributed by atoms with van der Waals surface area (Å²) in [4.78, 5) is 31.6. The number of benzene rings is 2. The largest absolute Gasteiger partial charge is 0.481 e. The number of nitrogens with zero attached hydrogens (tertiary/aromatic N) is 3. The van der Waals surface area contributed by atoms with Crippen LogP contribution in [0.25, 0.3) is 11.0 Å². The molecule has 202 valence electrons. The molecule has 1 aromatic heterocycles. The smallest absolute Gasteiger partial charge is 0.414 e. The number of rotatable bonds is 6. The van der Waals surface area contributed by atoms with E-state index in [2.05, 4.69) is 4.57 Å². The van der Waals surface area contributed by atoms with E-state index in [1.165, 1.54) is 31.4 Å². The van der Waals surface area contributed by atoms with E-state index in [0.717, 1.165) is 48.0 Å². The van der Waals surface area contributed by atoms with Gasteiger partial charge in [0.25, 0.3) is 6.43 Å². The minimum absolute atomic E-state index is 0.0170. The molecule has 2 aliphatic heterocycles. The summed E-state index contributed by atoms with van der Waals surface area (Å²) in [7, 11) is 1.36. The van der Waals surface area contributed by atoms with E-state index in [-0.39, 0.29) is 24.1 Å². The molecule has 1 saturated heterocycles. The second-order valence-corrected chi connectivity index (χ2v) is 9.99. The lowest BCUT2D eigenvalue weighted by Crippen LogP contribution is -2.42. The van der Waals surface area contributed by atoms with E-state index in [1.807, 2.05) is 19.1 Å². The Morgan fingerprint density at radius 1 is 1.16 bits per heavy atom. The third kappa shape index (κ3) is 4.73. The molecule has 0 bridgehead atoms. The lowest BCUT2D eigenvalue weighted by molar-refractivity contribution is -0.138. The highest BCUT2D eigenvalue weighted by molar-refractivity contribution is 5.95. The molecule has 8 nitrogen and oxygen atoms in total. The van der Waals surface area contributed by atoms with Crippen molar-refractivity contribution in [2.75, 3.05) is 25.2 Å². The second-order valence-electron chi connectivity index (χ2n) is 9.99. The summed E-state index contributed by atoms with van der Waals surface area (Å²) in [5.74, 6) is -1.43. The van der Waals surface area contributed by atoms with Crippen LogP contribution in [0, 0.1) is 0 Å². The van der Waals surface area contributed by atoms with Crippen LogP contribution in [0.3, 0.4) is 0 Å². The van der Waals surface area contributed by atoms with Crippen LogP contribution < -0.4 is 4.90 Å². The van der Waals surface area contributed by atoms with Crippen molar-refractivity contribution in [3.05, 3.63) is 58.9 Å². The monoisotopic (exact) mass is 527 g/mol. The number of carboxylic acid groups (broad SMARTS) is 1. The van der Waals surface area contributed by atoms with Crippen LogP contribution in [-0.4, -0.2) is 53.1 Å². The van der Waals surface area contributed by atoms with E-state index < -0.39 is 24.4 Å². The number of fused-ring (bicyclic) bond motifs is 3. The lowest BCUT2D eigenvalue weighted by atomic mass is 9.94. The molecule has 10 heteroatoms. The fourth-order valence-electron chi connectivity index (χ4n) is 5.71. The normalized spacial score (nSPS) is 20.4. The molecule has 1 fully saturated rings. The van der Waals surface area contributed by atoms with Crippen LogP contribution in [0.5, 0.6) is 0 Å². The number of aryl methyl sites for hydroxylation is 1. The highest BCUT2D eigenvalue weighted by Crippen LogP contribution is 2.39. The van der Waals surface area contributed by atoms with Gasteiger partial charge in [-0.2, -0.15) is 0 Å². The van der Waals surface area contributed by atoms with Crippen molar-refractivity contribution < 1.29 is 33.0 Å². The molecule has 0 saturated carbocycles. The first-order chi connectivity index (χ1) is 18.3. The first-order valence-electron chi connectivity index (χ1n) is 12.9. The highest BCUT2D eigenvalue weighted by Gasteiger charge is 2.33. The number of aliphatic carboxylic acids is 1. The molecule has 38 heavy (non-hydrogen) atoms. The quantitative estimate of drug-likeness (QED) is 0.446. The van der Waals surface area contributed by atoms with Gasteiger partial charge >= 0.3 is 12.1 Å². The van der Waals surface area contributed by atoms with Gasteiger partial charge in [0, 0.05) is 30.2 Å². The highest BCUT2D eigenvalue weighted by atomic mass is 19.3. The Morgan fingerprint density at radius 3 is 2.53 bits per heavy atom. The average Bonchev–Trinajstić information content (AvgIpc) is 3.30. The number of hydrogen-bond acceptors (Lipinski definition) is 5. The summed E-state index contributed by atoms with van der Waals surface area (Å²) in [6.45, 7) is 3.14. The molecule has 1 amide bonds. The molecular weight excluding hydrogens is 496 g/mol. The lowest BCUT2D eigenvalue weighted by Gasteiger charge is -2.34. The van der Waals surface area contributed by atoms with E-state index >= 15 is 0 Å². The summed E-state index contributed by atoms with van der Waals surface area (Å²) in [5, 5.41) is 10.1. The van der Waals surface area contributed by atoms with Crippen molar-refractivity contribution in [2.24, 2.45) is 0 Å². The Balaban J connectivity index is 1.62. The number of ether oxygens (including phenoxy) is 2. The molecule has 3 aromatic rings. The predicted molar refractivity (Wildman–Crippen MR) is 137 cm³/mol. The summed E-state index contributed by atoms with van der Waals surface area (Å²) in [5.41, 5.74) is 3.56. The van der Waals surface area contributed by atoms with Crippen LogP contribution in [0.15, 0.2) is 36.4 Å². The van der Waals surface area contributed by atoms with E-state index in [4.69, 9.17) is 14.5 Å². The number of imidazole rings is 1. The second kappa shape index (κ2) is 10.7. The maximum Gasteiger partial charge on any atom is 0.414 e. The van der Waals surface area contributed by atoms with Crippen molar-refractivity contribution >= 4 is 28.8 Å². The van der Waals surface area contributed by atoms with Crippen molar-refractivity contribution in [3.63, 3.8) is 0 Å². The van der Waals surface area contributed by atoms with Crippen LogP contribution in [0.2, 0.25) is 0 Å². The SMILES string of the molecule is COC(=O)N1c2ccc3c(nc(C[C@H](C(=O)O)c4ccc(C(F)F)cc4)n3[C@H]3CCCOC3)c2CC[C@@H]1C. The summed E-state index contributed by atoms with van der Waals surface area (Å²) in [6, 6.07) is 9.24. The number of anilines is 1. The van der Waals surface area contributed by atoms with Crippen molar-refractivity contribution in [1.82, 2.24) is 9.55 Å². The first kappa shape index (κ1) is 26.1. The van der Waals surface area contributed by atoms with E-state index in [9.17, 15) is 23.5 Å². The Morgan fingerprint density at radius 2 is 1.89 bits per heavy atom. The Labute approximate surface area is 219 Å². The molecule has 0 aliphatic carbocycles. The Hall–Kier alpha value is -3.53. The number of carboxylic acids is 1. The number of methoxy groups -OCH3 is 1. The van der Waals surface area contributed by atoms with Crippen LogP contribution >= 0.6 is 0 Å². The van der Waals surface area contributed by atoms with Crippen LogP contribution in [0.4, 0.5) is 19.3 Å². The molecule has 1 N–H and O–H groups in total. The first-order valence-corrected chi connectivity index (χ1v) is 12.9. The topological polar surface area (TPSA) is 93.9 Å². The van der Waals surface area contributed by atoms with Gasteiger partial charge in [-0.3, -0.25) is 9.69 Å². The Kier molecular flexibility index (Phi) is 7.34. The number of carbonyl (C=O) groups is 2. The van der Waals surface area contributed by atoms with Gasteiger partial charge in [-0.1, -0.05) is 24.3 Å². The standard InChI is InChI=1S/C28H31F2N3O5/c1-16-5-10-20-22(32(16)28(36)37-2)11-12-23-25(20)31-24(33(23)19-4-3-13-38-15-19)14-21(27(34)35)17-6-8-18(9-7-17)26(29)30/h6-9,11-12,16,19,21,26H,3-5,10,13-15H2,1-2H3,(H,34,35)/t16-,19-,21-/m0/s1. The summed E-state index contributed by atoms with van der Waals surface area (Å²) >= 11 is 0. The zero-order chi connectivity index (χ0) is 27.0. The number of alkyl halides is 2. The molecule has 0 radical (unpaired) electrons. The van der Waals surface area contributed by atoms with Gasteiger partial charge in [-0.15, -0.1) is 0 Å². The molecule has 0 spiro atoms. The third-order valence-electron chi connectivity index (χ3n) is 7.68. The molecular formula is C28H31F2N3O5. The fourth-order valence-corrected chi connectivity index (χ4v) is 5.71. The number of halogens is 2. The maximum absolute atomic E-state index is 13.1. The third-order valence-corrected chi connectivity index (χ3v) is 7.68. The van der Waals surface area contributed by atoms with Crippen molar-refractivity contribution in [3.8, 4) is 0 Å². The van der Waals surface area contributed by atoms with Crippen LogP contribution in [0.1, 0.15) is 67.1 Å². The molecule has 5 rings (SSSR count). The summed E-state index contributed by atoms with van der Waals surface area (Å²) < 4.78 is 39.0. The van der Waals surface area contributed by atoms with Crippen molar-refractivity contribution in [2.45, 2.75) is 63.5 Å². The number of hydrogen-bond donors (Lipinski definition) is 1. The van der Waals surface area contributed by atoms with Gasteiger partial charge in [-0.05, 0) is 50.3 Å². The molecule has 2 aromatic carbocycles. The van der Waals surface area contributed by atoms with E-state index in [1.54, 1.807) is 4.90 Å². The zero-order valence-corrected chi connectivity index (χ0v) is 21.4. The Bertz CT molecular complexity index is 1330. The molecule has 0 unspecified atom stereocenters. The van der Waals surface area contributed by atoms with Gasteiger partial charge in [0.2, 0.25) is 0 Å². The van der Waals surface area contributed by atoms with Gasteiger partial charge in [-0.25, -0.2) is 18.6 Å². The minimum atomic E-state index is -2.62. The minimum Gasteiger partial charge on any atom is -0.481 e. The van der Waals surface area contributed by atoms with E-state index in [0.29, 0.717) is 24.6 Å². The molecule has 3 atom stereocenters. The van der Waals surface area contributed by atoms with Gasteiger partial charge < -0.3 is 19.1 Å². The number of amides is 1. The fraction of sp³-hybridized carbons (Fsp3) is 0.464. The average molecular weight is 528 g/mol. The number of aromatic nitrogens is 2. The predicted octanol–water partition coefficient (Wildman–Crippen LogP) is 5.64. The van der Waals surface area contributed by atoms with Gasteiger partial charge in [0.1, 0.15) is 5.82 Å². The van der Waals surface area contributed by atoms with Crippen molar-refractivity contribution in [1.29, 1.82) is 0 Å². The van der Waals surface area contributed by atoms with Gasteiger partial charge in [0.15, 0.2) is 0 Å². The maximum atomic E-state index is 13.1. The zero-order valence-electron chi connectivity index (χ0n) is 21.4. The van der Waals surface area contributed by atoms with Crippen LogP contribution in [-0.2, 0) is 27.1 Å². The molecule has 3 heterocycles. The molecule has 2 aliphatic rings. The number of carbonyl (C=O) groups excluding carboxylic acids is 1. The summed E-state index contributed by atoms with van der Waals surface area (Å²) in [6.07, 6.45) is 0.222. The van der Waals surface area contributed by atoms with Gasteiger partial charge in [0.05, 0.1) is 42.4 Å².